The number of nitrogens with zero attached hydrogens (tertiary/aromatic N) is 1. The first-order chi connectivity index (χ1) is 7.42. The van der Waals surface area contributed by atoms with E-state index < -0.39 is 12.7 Å². The highest BCUT2D eigenvalue weighted by Gasteiger charge is 2.32. The molecule has 0 bridgehead atoms. The van der Waals surface area contributed by atoms with Crippen molar-refractivity contribution in [1.29, 1.82) is 0 Å². The topological polar surface area (TPSA) is 38.5 Å². The number of hydrogen-bond donors (Lipinski definition) is 1. The summed E-state index contributed by atoms with van der Waals surface area (Å²) in [6.07, 6.45) is -3.30. The van der Waals surface area contributed by atoms with Crippen molar-refractivity contribution in [2.75, 3.05) is 32.8 Å². The molecule has 16 heavy (non-hydrogen) atoms. The molecule has 2 unspecified atom stereocenters. The summed E-state index contributed by atoms with van der Waals surface area (Å²) in [5.41, 5.74) is 5.89. The average molecular weight is 240 g/mol. The summed E-state index contributed by atoms with van der Waals surface area (Å²) in [6.45, 7) is 2.72. The van der Waals surface area contributed by atoms with Gasteiger partial charge in [-0.05, 0) is 13.0 Å². The molecule has 3 nitrogen and oxygen atoms in total. The zero-order valence-electron chi connectivity index (χ0n) is 9.46. The molecule has 0 amide bonds. The molecule has 2 N–H and O–H groups in total. The van der Waals surface area contributed by atoms with E-state index in [1.54, 1.807) is 6.92 Å². The third kappa shape index (κ3) is 4.67. The first kappa shape index (κ1) is 13.7. The van der Waals surface area contributed by atoms with E-state index in [1.807, 2.05) is 0 Å². The normalized spacial score (nSPS) is 24.0. The molecule has 1 heterocycles. The predicted molar refractivity (Wildman–Crippen MR) is 55.1 cm³/mol. The van der Waals surface area contributed by atoms with Crippen LogP contribution in [0.5, 0.6) is 0 Å². The molecule has 1 aliphatic heterocycles. The molecule has 0 aromatic heterocycles. The summed E-state index contributed by atoms with van der Waals surface area (Å²) in [4.78, 5) is 1.34. The van der Waals surface area contributed by atoms with Gasteiger partial charge in [0.15, 0.2) is 0 Å². The number of rotatable bonds is 5. The van der Waals surface area contributed by atoms with Crippen LogP contribution in [-0.2, 0) is 4.74 Å². The molecule has 0 aliphatic carbocycles. The minimum absolute atomic E-state index is 0.197. The highest BCUT2D eigenvalue weighted by molar-refractivity contribution is 4.79. The Morgan fingerprint density at radius 1 is 1.50 bits per heavy atom. The highest BCUT2D eigenvalue weighted by Crippen LogP contribution is 2.19. The van der Waals surface area contributed by atoms with Crippen molar-refractivity contribution in [2.45, 2.75) is 25.6 Å². The van der Waals surface area contributed by atoms with Crippen molar-refractivity contribution in [3.8, 4) is 0 Å². The van der Waals surface area contributed by atoms with Crippen molar-refractivity contribution in [1.82, 2.24) is 4.90 Å². The summed E-state index contributed by atoms with van der Waals surface area (Å²) in [6, 6.07) is -0.232. The van der Waals surface area contributed by atoms with Gasteiger partial charge in [0.25, 0.3) is 0 Å². The quantitative estimate of drug-likeness (QED) is 0.785. The van der Waals surface area contributed by atoms with Crippen LogP contribution in [0.1, 0.15) is 13.3 Å². The van der Waals surface area contributed by atoms with E-state index in [4.69, 9.17) is 10.5 Å². The summed E-state index contributed by atoms with van der Waals surface area (Å²) >= 11 is 0. The van der Waals surface area contributed by atoms with Gasteiger partial charge in [0.1, 0.15) is 0 Å². The SMILES string of the molecule is CCN(CC(N)C1CCOC1)CC(F)(F)F. The van der Waals surface area contributed by atoms with E-state index in [9.17, 15) is 13.2 Å². The second-order valence-corrected chi connectivity index (χ2v) is 4.23. The van der Waals surface area contributed by atoms with Crippen LogP contribution in [-0.4, -0.2) is 50.0 Å². The lowest BCUT2D eigenvalue weighted by atomic mass is 9.99. The van der Waals surface area contributed by atoms with Crippen molar-refractivity contribution in [2.24, 2.45) is 11.7 Å². The third-order valence-corrected chi connectivity index (χ3v) is 2.89. The number of ether oxygens (including phenoxy) is 1. The maximum Gasteiger partial charge on any atom is 0.401 e. The van der Waals surface area contributed by atoms with Crippen LogP contribution >= 0.6 is 0 Å². The summed E-state index contributed by atoms with van der Waals surface area (Å²) in [5, 5.41) is 0. The average Bonchev–Trinajstić information content (AvgIpc) is 2.67. The number of nitrogens with two attached hydrogens (primary N) is 1. The van der Waals surface area contributed by atoms with Gasteiger partial charge >= 0.3 is 6.18 Å². The molecule has 0 spiro atoms. The summed E-state index contributed by atoms with van der Waals surface area (Å²) in [5.74, 6) is 0.197. The number of halogens is 3. The van der Waals surface area contributed by atoms with Crippen LogP contribution in [0.15, 0.2) is 0 Å². The smallest absolute Gasteiger partial charge is 0.381 e. The van der Waals surface area contributed by atoms with Crippen molar-refractivity contribution < 1.29 is 17.9 Å². The zero-order chi connectivity index (χ0) is 12.2. The molecule has 1 fully saturated rings. The lowest BCUT2D eigenvalue weighted by molar-refractivity contribution is -0.146. The Labute approximate surface area is 93.7 Å². The second-order valence-electron chi connectivity index (χ2n) is 4.23. The van der Waals surface area contributed by atoms with E-state index in [-0.39, 0.29) is 18.5 Å². The molecule has 0 radical (unpaired) electrons. The van der Waals surface area contributed by atoms with Gasteiger partial charge in [-0.3, -0.25) is 4.90 Å². The van der Waals surface area contributed by atoms with E-state index in [1.165, 1.54) is 4.90 Å². The molecular weight excluding hydrogens is 221 g/mol. The molecule has 96 valence electrons. The lowest BCUT2D eigenvalue weighted by Gasteiger charge is -2.27. The Balaban J connectivity index is 2.36. The fraction of sp³-hybridized carbons (Fsp3) is 1.00. The van der Waals surface area contributed by atoms with E-state index in [2.05, 4.69) is 0 Å². The zero-order valence-corrected chi connectivity index (χ0v) is 9.46. The molecule has 1 aliphatic rings. The summed E-state index contributed by atoms with van der Waals surface area (Å²) < 4.78 is 41.8. The monoisotopic (exact) mass is 240 g/mol. The minimum Gasteiger partial charge on any atom is -0.381 e. The molecule has 2 atom stereocenters. The standard InChI is InChI=1S/C10H19F3N2O/c1-2-15(7-10(11,12)13)5-9(14)8-3-4-16-6-8/h8-9H,2-7,14H2,1H3. The molecular formula is C10H19F3N2O. The van der Waals surface area contributed by atoms with Crippen LogP contribution in [0.4, 0.5) is 13.2 Å². The van der Waals surface area contributed by atoms with Gasteiger partial charge in [-0.2, -0.15) is 13.2 Å². The van der Waals surface area contributed by atoms with E-state index in [0.29, 0.717) is 19.8 Å². The van der Waals surface area contributed by atoms with E-state index >= 15 is 0 Å². The number of likely N-dealkylation sites (N-methyl/N-ethyl adjacent to an activating group) is 1. The van der Waals surface area contributed by atoms with Gasteiger partial charge in [0.05, 0.1) is 13.2 Å². The predicted octanol–water partition coefficient (Wildman–Crippen LogP) is 1.23. The Morgan fingerprint density at radius 3 is 2.62 bits per heavy atom. The van der Waals surface area contributed by atoms with Crippen LogP contribution in [0, 0.1) is 5.92 Å². The first-order valence-corrected chi connectivity index (χ1v) is 5.55. The Bertz CT molecular complexity index is 205. The molecule has 1 rings (SSSR count). The number of alkyl halides is 3. The number of hydrogen-bond acceptors (Lipinski definition) is 3. The van der Waals surface area contributed by atoms with Gasteiger partial charge < -0.3 is 10.5 Å². The largest absolute Gasteiger partial charge is 0.401 e. The third-order valence-electron chi connectivity index (χ3n) is 2.89. The van der Waals surface area contributed by atoms with Crippen molar-refractivity contribution >= 4 is 0 Å². The molecule has 0 aromatic rings. The van der Waals surface area contributed by atoms with E-state index in [0.717, 1.165) is 6.42 Å². The van der Waals surface area contributed by atoms with Crippen LogP contribution < -0.4 is 5.73 Å². The van der Waals surface area contributed by atoms with Crippen LogP contribution in [0.2, 0.25) is 0 Å². The molecule has 0 aromatic carbocycles. The van der Waals surface area contributed by atoms with Gasteiger partial charge in [0.2, 0.25) is 0 Å². The van der Waals surface area contributed by atoms with Gasteiger partial charge in [-0.1, -0.05) is 6.92 Å². The summed E-state index contributed by atoms with van der Waals surface area (Å²) in [7, 11) is 0. The Hall–Kier alpha value is -0.330. The van der Waals surface area contributed by atoms with Crippen molar-refractivity contribution in [3.05, 3.63) is 0 Å². The molecule has 0 saturated carbocycles. The second kappa shape index (κ2) is 5.84. The minimum atomic E-state index is -4.15. The molecule has 6 heteroatoms. The Morgan fingerprint density at radius 2 is 2.19 bits per heavy atom. The Kier molecular flexibility index (Phi) is 5.01. The maximum absolute atomic E-state index is 12.2. The van der Waals surface area contributed by atoms with Gasteiger partial charge in [0, 0.05) is 25.1 Å². The lowest BCUT2D eigenvalue weighted by Crippen LogP contribution is -2.45. The highest BCUT2D eigenvalue weighted by atomic mass is 19.4. The fourth-order valence-electron chi connectivity index (χ4n) is 1.90. The fourth-order valence-corrected chi connectivity index (χ4v) is 1.90. The van der Waals surface area contributed by atoms with Crippen LogP contribution in [0.25, 0.3) is 0 Å². The van der Waals surface area contributed by atoms with Crippen LogP contribution in [0.3, 0.4) is 0 Å². The van der Waals surface area contributed by atoms with Gasteiger partial charge in [-0.15, -0.1) is 0 Å². The van der Waals surface area contributed by atoms with Gasteiger partial charge in [-0.25, -0.2) is 0 Å². The van der Waals surface area contributed by atoms with Crippen molar-refractivity contribution in [3.63, 3.8) is 0 Å². The molecule has 1 saturated heterocycles. The first-order valence-electron chi connectivity index (χ1n) is 5.55. The maximum atomic E-state index is 12.2.